The Labute approximate surface area is 272 Å². The smallest absolute Gasteiger partial charge is 0.389 e. The number of benzene rings is 2. The molecule has 4 amide bonds. The summed E-state index contributed by atoms with van der Waals surface area (Å²) >= 11 is 0. The van der Waals surface area contributed by atoms with Gasteiger partial charge in [-0.1, -0.05) is 6.92 Å². The van der Waals surface area contributed by atoms with Gasteiger partial charge in [0.15, 0.2) is 0 Å². The molecule has 1 aliphatic heterocycles. The first-order valence-corrected chi connectivity index (χ1v) is 15.6. The van der Waals surface area contributed by atoms with Crippen LogP contribution >= 0.6 is 0 Å². The maximum absolute atomic E-state index is 14.1. The molecule has 47 heavy (non-hydrogen) atoms. The van der Waals surface area contributed by atoms with Gasteiger partial charge in [-0.3, -0.25) is 9.59 Å². The van der Waals surface area contributed by atoms with Crippen LogP contribution in [0.1, 0.15) is 63.2 Å². The van der Waals surface area contributed by atoms with Crippen molar-refractivity contribution in [3.63, 3.8) is 0 Å². The van der Waals surface area contributed by atoms with Crippen LogP contribution < -0.4 is 15.4 Å². The summed E-state index contributed by atoms with van der Waals surface area (Å²) in [6, 6.07) is 8.61. The summed E-state index contributed by atoms with van der Waals surface area (Å²) in [5.41, 5.74) is 0.618. The maximum atomic E-state index is 14.1. The number of nitrogens with zero attached hydrogens (tertiary/aromatic N) is 2. The number of aliphatic hydroxyl groups is 1. The predicted octanol–water partition coefficient (Wildman–Crippen LogP) is 6.07. The van der Waals surface area contributed by atoms with Crippen molar-refractivity contribution in [1.29, 1.82) is 0 Å². The van der Waals surface area contributed by atoms with Crippen LogP contribution in [-0.4, -0.2) is 90.5 Å². The van der Waals surface area contributed by atoms with Gasteiger partial charge in [-0.2, -0.15) is 13.2 Å². The number of urea groups is 1. The summed E-state index contributed by atoms with van der Waals surface area (Å²) < 4.78 is 63.6. The quantitative estimate of drug-likeness (QED) is 0.294. The van der Waals surface area contributed by atoms with Crippen molar-refractivity contribution < 1.29 is 46.5 Å². The van der Waals surface area contributed by atoms with Gasteiger partial charge < -0.3 is 35.0 Å². The number of amides is 4. The SMILES string of the molecule is C[C@@H]1CCCCO[C@@H](CN(C)C(=O)Nc2ccc(F)cc2)[C@H](C)CN([C@H](C)CO)C(=O)c2cc(NC(=O)CCC(F)(F)F)ccc2O1. The molecule has 0 spiro atoms. The third kappa shape index (κ3) is 12.0. The molecule has 0 bridgehead atoms. The summed E-state index contributed by atoms with van der Waals surface area (Å²) in [5, 5.41) is 15.2. The number of halogens is 4. The number of hydrogen-bond donors (Lipinski definition) is 3. The third-order valence-corrected chi connectivity index (χ3v) is 7.87. The number of alkyl halides is 3. The molecule has 1 aliphatic rings. The minimum Gasteiger partial charge on any atom is -0.490 e. The molecule has 3 rings (SSSR count). The number of ether oxygens (including phenoxy) is 2. The second-order valence-electron chi connectivity index (χ2n) is 12.0. The summed E-state index contributed by atoms with van der Waals surface area (Å²) in [4.78, 5) is 42.2. The van der Waals surface area contributed by atoms with Crippen molar-refractivity contribution in [1.82, 2.24) is 9.80 Å². The van der Waals surface area contributed by atoms with E-state index in [2.05, 4.69) is 10.6 Å². The first kappa shape index (κ1) is 37.5. The second kappa shape index (κ2) is 17.3. The normalized spacial score (nSPS) is 20.3. The molecular formula is C33H44F4N4O6. The van der Waals surface area contributed by atoms with Crippen LogP contribution in [0.3, 0.4) is 0 Å². The van der Waals surface area contributed by atoms with Gasteiger partial charge in [0.2, 0.25) is 5.91 Å². The van der Waals surface area contributed by atoms with E-state index in [-0.39, 0.29) is 48.7 Å². The summed E-state index contributed by atoms with van der Waals surface area (Å²) in [5.74, 6) is -1.91. The molecule has 10 nitrogen and oxygen atoms in total. The fourth-order valence-corrected chi connectivity index (χ4v) is 5.05. The Hall–Kier alpha value is -3.91. The van der Waals surface area contributed by atoms with Gasteiger partial charge in [0.25, 0.3) is 5.91 Å². The zero-order valence-corrected chi connectivity index (χ0v) is 27.1. The Morgan fingerprint density at radius 2 is 1.77 bits per heavy atom. The highest BCUT2D eigenvalue weighted by Crippen LogP contribution is 2.29. The monoisotopic (exact) mass is 668 g/mol. The Bertz CT molecular complexity index is 1340. The van der Waals surface area contributed by atoms with Gasteiger partial charge in [-0.25, -0.2) is 9.18 Å². The Kier molecular flexibility index (Phi) is 13.8. The van der Waals surface area contributed by atoms with E-state index in [9.17, 15) is 37.1 Å². The molecule has 2 aromatic carbocycles. The summed E-state index contributed by atoms with van der Waals surface area (Å²) in [7, 11) is 1.60. The van der Waals surface area contributed by atoms with E-state index in [0.29, 0.717) is 25.1 Å². The van der Waals surface area contributed by atoms with Crippen molar-refractivity contribution in [3.05, 3.63) is 53.8 Å². The number of nitrogens with one attached hydrogen (secondary N) is 2. The summed E-state index contributed by atoms with van der Waals surface area (Å²) in [6.07, 6.45) is -5.30. The molecule has 0 saturated heterocycles. The predicted molar refractivity (Wildman–Crippen MR) is 169 cm³/mol. The first-order valence-electron chi connectivity index (χ1n) is 15.6. The molecule has 2 aromatic rings. The maximum Gasteiger partial charge on any atom is 0.389 e. The number of anilines is 2. The second-order valence-corrected chi connectivity index (χ2v) is 12.0. The van der Waals surface area contributed by atoms with E-state index in [0.717, 1.165) is 6.42 Å². The summed E-state index contributed by atoms with van der Waals surface area (Å²) in [6.45, 7) is 5.67. The fraction of sp³-hybridized carbons (Fsp3) is 0.545. The van der Waals surface area contributed by atoms with E-state index in [1.54, 1.807) is 14.0 Å². The standard InChI is InChI=1S/C33H44F4N4O6/c1-21-18-41(22(2)20-42)31(44)27-17-26(38-30(43)14-15-33(35,36)37)12-13-28(27)47-23(3)7-5-6-16-46-29(21)19-40(4)32(45)39-25-10-8-24(34)9-11-25/h8-13,17,21-23,29,42H,5-7,14-16,18-20H2,1-4H3,(H,38,43)(H,39,45)/t21-,22-,23-,29+/m1/s1. The zero-order valence-electron chi connectivity index (χ0n) is 27.1. The Balaban J connectivity index is 1.87. The molecular weight excluding hydrogens is 624 g/mol. The molecule has 0 aliphatic carbocycles. The minimum absolute atomic E-state index is 0.0725. The molecule has 14 heteroatoms. The van der Waals surface area contributed by atoms with Crippen LogP contribution in [0.2, 0.25) is 0 Å². The number of carbonyl (C=O) groups excluding carboxylic acids is 3. The van der Waals surface area contributed by atoms with Gasteiger partial charge in [-0.05, 0) is 75.6 Å². The van der Waals surface area contributed by atoms with E-state index < -0.39 is 54.8 Å². The number of rotatable bonds is 8. The van der Waals surface area contributed by atoms with Crippen LogP contribution in [0, 0.1) is 11.7 Å². The molecule has 0 saturated carbocycles. The molecule has 4 atom stereocenters. The zero-order chi connectivity index (χ0) is 34.7. The highest BCUT2D eigenvalue weighted by atomic mass is 19.4. The number of aliphatic hydroxyl groups excluding tert-OH is 1. The lowest BCUT2D eigenvalue weighted by atomic mass is 10.0. The van der Waals surface area contributed by atoms with Crippen LogP contribution in [0.4, 0.5) is 33.7 Å². The topological polar surface area (TPSA) is 120 Å². The largest absolute Gasteiger partial charge is 0.490 e. The van der Waals surface area contributed by atoms with Gasteiger partial charge in [0.05, 0.1) is 36.8 Å². The molecule has 0 radical (unpaired) electrons. The average Bonchev–Trinajstić information content (AvgIpc) is 3.02. The Morgan fingerprint density at radius 3 is 2.43 bits per heavy atom. The fourth-order valence-electron chi connectivity index (χ4n) is 5.05. The van der Waals surface area contributed by atoms with Crippen LogP contribution in [-0.2, 0) is 9.53 Å². The molecule has 1 heterocycles. The molecule has 0 unspecified atom stereocenters. The third-order valence-electron chi connectivity index (χ3n) is 7.87. The highest BCUT2D eigenvalue weighted by molar-refractivity contribution is 5.99. The molecule has 0 aromatic heterocycles. The van der Waals surface area contributed by atoms with E-state index in [1.165, 1.54) is 52.3 Å². The van der Waals surface area contributed by atoms with Crippen LogP contribution in [0.5, 0.6) is 5.75 Å². The number of carbonyl (C=O) groups is 3. The van der Waals surface area contributed by atoms with Crippen molar-refractivity contribution in [2.45, 2.75) is 77.3 Å². The van der Waals surface area contributed by atoms with Crippen molar-refractivity contribution in [3.8, 4) is 5.75 Å². The Morgan fingerprint density at radius 1 is 1.09 bits per heavy atom. The lowest BCUT2D eigenvalue weighted by Crippen LogP contribution is -2.48. The first-order chi connectivity index (χ1) is 22.2. The number of fused-ring (bicyclic) bond motifs is 1. The highest BCUT2D eigenvalue weighted by Gasteiger charge is 2.31. The van der Waals surface area contributed by atoms with Crippen LogP contribution in [0.25, 0.3) is 0 Å². The van der Waals surface area contributed by atoms with Crippen molar-refractivity contribution in [2.24, 2.45) is 5.92 Å². The molecule has 0 fully saturated rings. The van der Waals surface area contributed by atoms with Crippen LogP contribution in [0.15, 0.2) is 42.5 Å². The van der Waals surface area contributed by atoms with E-state index in [4.69, 9.17) is 9.47 Å². The average molecular weight is 669 g/mol. The number of likely N-dealkylation sites (N-methyl/N-ethyl adjacent to an activating group) is 1. The van der Waals surface area contributed by atoms with Gasteiger partial charge in [-0.15, -0.1) is 0 Å². The van der Waals surface area contributed by atoms with E-state index in [1.807, 2.05) is 13.8 Å². The lowest BCUT2D eigenvalue weighted by molar-refractivity contribution is -0.142. The van der Waals surface area contributed by atoms with Gasteiger partial charge in [0.1, 0.15) is 11.6 Å². The lowest BCUT2D eigenvalue weighted by Gasteiger charge is -2.35. The minimum atomic E-state index is -4.49. The molecule has 3 N–H and O–H groups in total. The van der Waals surface area contributed by atoms with Gasteiger partial charge >= 0.3 is 12.2 Å². The number of hydrogen-bond acceptors (Lipinski definition) is 6. The van der Waals surface area contributed by atoms with Crippen molar-refractivity contribution in [2.75, 3.05) is 44.0 Å². The van der Waals surface area contributed by atoms with E-state index >= 15 is 0 Å². The van der Waals surface area contributed by atoms with Gasteiger partial charge in [0, 0.05) is 50.5 Å². The van der Waals surface area contributed by atoms with Crippen molar-refractivity contribution >= 4 is 29.2 Å². The molecule has 260 valence electrons.